The number of aryl methyl sites for hydroxylation is 1. The lowest BCUT2D eigenvalue weighted by atomic mass is 10.3. The molecule has 0 aromatic carbocycles. The van der Waals surface area contributed by atoms with E-state index in [0.29, 0.717) is 0 Å². The van der Waals surface area contributed by atoms with Crippen molar-refractivity contribution in [3.63, 3.8) is 0 Å². The summed E-state index contributed by atoms with van der Waals surface area (Å²) in [5.74, 6) is 1.80. The zero-order valence-electron chi connectivity index (χ0n) is 13.3. The highest BCUT2D eigenvalue weighted by atomic mass is 32.2. The first-order valence-corrected chi connectivity index (χ1v) is 8.83. The molecule has 122 valence electrons. The second-order valence-electron chi connectivity index (χ2n) is 5.46. The predicted octanol–water partition coefficient (Wildman–Crippen LogP) is 1.31. The standard InChI is InChI=1S/C15H20N6OS/c1-11-10-13(17-15(16-11)23-2)21-7-3-6-20(8-9-21)12-4-5-14(22)19-18-12/h4-5,10H,3,6-9H2,1-2H3,(H,19,22). The molecule has 2 aromatic rings. The summed E-state index contributed by atoms with van der Waals surface area (Å²) >= 11 is 1.56. The van der Waals surface area contributed by atoms with Crippen LogP contribution in [-0.2, 0) is 0 Å². The molecule has 1 aliphatic rings. The van der Waals surface area contributed by atoms with Crippen molar-refractivity contribution in [2.75, 3.05) is 42.2 Å². The van der Waals surface area contributed by atoms with Gasteiger partial charge in [-0.2, -0.15) is 5.10 Å². The summed E-state index contributed by atoms with van der Waals surface area (Å²) in [6.07, 6.45) is 3.00. The van der Waals surface area contributed by atoms with Gasteiger partial charge in [0, 0.05) is 44.0 Å². The number of hydrogen-bond acceptors (Lipinski definition) is 7. The maximum Gasteiger partial charge on any atom is 0.264 e. The molecule has 7 nitrogen and oxygen atoms in total. The molecule has 0 amide bonds. The Hall–Kier alpha value is -2.09. The molecule has 0 saturated carbocycles. The fourth-order valence-corrected chi connectivity index (χ4v) is 3.09. The molecule has 3 rings (SSSR count). The molecule has 23 heavy (non-hydrogen) atoms. The molecule has 1 N–H and O–H groups in total. The molecular weight excluding hydrogens is 312 g/mol. The Balaban J connectivity index is 1.74. The Bertz CT molecular complexity index is 714. The number of aromatic amines is 1. The van der Waals surface area contributed by atoms with Gasteiger partial charge in [0.05, 0.1) is 0 Å². The number of H-pyrrole nitrogens is 1. The van der Waals surface area contributed by atoms with E-state index in [2.05, 4.69) is 30.0 Å². The molecular formula is C15H20N6OS. The minimum absolute atomic E-state index is 0.175. The largest absolute Gasteiger partial charge is 0.355 e. The summed E-state index contributed by atoms with van der Waals surface area (Å²) < 4.78 is 0. The highest BCUT2D eigenvalue weighted by Crippen LogP contribution is 2.20. The van der Waals surface area contributed by atoms with E-state index in [0.717, 1.165) is 55.1 Å². The first-order valence-electron chi connectivity index (χ1n) is 7.61. The number of nitrogens with one attached hydrogen (secondary N) is 1. The zero-order valence-corrected chi connectivity index (χ0v) is 14.1. The third kappa shape index (κ3) is 3.82. The smallest absolute Gasteiger partial charge is 0.264 e. The van der Waals surface area contributed by atoms with Crippen LogP contribution in [0.15, 0.2) is 28.2 Å². The summed E-state index contributed by atoms with van der Waals surface area (Å²) in [5, 5.41) is 7.43. The van der Waals surface area contributed by atoms with Crippen molar-refractivity contribution < 1.29 is 0 Å². The number of hydrogen-bond donors (Lipinski definition) is 1. The van der Waals surface area contributed by atoms with Crippen LogP contribution in [0.3, 0.4) is 0 Å². The van der Waals surface area contributed by atoms with Gasteiger partial charge < -0.3 is 9.80 Å². The van der Waals surface area contributed by atoms with E-state index in [1.54, 1.807) is 17.8 Å². The van der Waals surface area contributed by atoms with Crippen LogP contribution in [0.25, 0.3) is 0 Å². The van der Waals surface area contributed by atoms with Gasteiger partial charge >= 0.3 is 0 Å². The summed E-state index contributed by atoms with van der Waals surface area (Å²) in [5.41, 5.74) is 0.814. The number of aromatic nitrogens is 4. The molecule has 8 heteroatoms. The van der Waals surface area contributed by atoms with E-state index >= 15 is 0 Å². The second kappa shape index (κ2) is 6.99. The minimum Gasteiger partial charge on any atom is -0.355 e. The van der Waals surface area contributed by atoms with Gasteiger partial charge in [0.1, 0.15) is 11.6 Å². The van der Waals surface area contributed by atoms with E-state index in [1.807, 2.05) is 19.2 Å². The van der Waals surface area contributed by atoms with Crippen LogP contribution in [0.4, 0.5) is 11.6 Å². The number of anilines is 2. The third-order valence-electron chi connectivity index (χ3n) is 3.81. The van der Waals surface area contributed by atoms with Gasteiger partial charge in [-0.15, -0.1) is 0 Å². The van der Waals surface area contributed by atoms with Gasteiger partial charge in [-0.25, -0.2) is 15.1 Å². The van der Waals surface area contributed by atoms with Crippen molar-refractivity contribution in [1.82, 2.24) is 20.2 Å². The average molecular weight is 332 g/mol. The Morgan fingerprint density at radius 3 is 2.48 bits per heavy atom. The van der Waals surface area contributed by atoms with Gasteiger partial charge in [-0.1, -0.05) is 11.8 Å². The van der Waals surface area contributed by atoms with Crippen molar-refractivity contribution in [2.45, 2.75) is 18.5 Å². The van der Waals surface area contributed by atoms with Gasteiger partial charge in [0.25, 0.3) is 5.56 Å². The lowest BCUT2D eigenvalue weighted by Crippen LogP contribution is -2.32. The Morgan fingerprint density at radius 1 is 1.09 bits per heavy atom. The van der Waals surface area contributed by atoms with Gasteiger partial charge in [-0.05, 0) is 25.7 Å². The molecule has 0 atom stereocenters. The van der Waals surface area contributed by atoms with Crippen LogP contribution in [-0.4, -0.2) is 52.6 Å². The monoisotopic (exact) mass is 332 g/mol. The molecule has 0 radical (unpaired) electrons. The molecule has 1 aliphatic heterocycles. The first-order chi connectivity index (χ1) is 11.2. The number of nitrogens with zero attached hydrogens (tertiary/aromatic N) is 5. The molecule has 0 aliphatic carbocycles. The Morgan fingerprint density at radius 2 is 1.83 bits per heavy atom. The van der Waals surface area contributed by atoms with E-state index in [9.17, 15) is 4.79 Å². The topological polar surface area (TPSA) is 78.0 Å². The molecule has 0 bridgehead atoms. The molecule has 3 heterocycles. The molecule has 1 saturated heterocycles. The Labute approximate surface area is 139 Å². The third-order valence-corrected chi connectivity index (χ3v) is 4.36. The van der Waals surface area contributed by atoms with Crippen molar-refractivity contribution in [1.29, 1.82) is 0 Å². The lowest BCUT2D eigenvalue weighted by Gasteiger charge is -2.23. The predicted molar refractivity (Wildman–Crippen MR) is 92.5 cm³/mol. The number of thioether (sulfide) groups is 1. The van der Waals surface area contributed by atoms with Crippen molar-refractivity contribution in [3.05, 3.63) is 34.2 Å². The number of rotatable bonds is 3. The van der Waals surface area contributed by atoms with Crippen LogP contribution in [0.5, 0.6) is 0 Å². The Kier molecular flexibility index (Phi) is 4.80. The average Bonchev–Trinajstić information content (AvgIpc) is 2.81. The van der Waals surface area contributed by atoms with Crippen LogP contribution in [0, 0.1) is 6.92 Å². The van der Waals surface area contributed by atoms with Crippen molar-refractivity contribution in [2.24, 2.45) is 0 Å². The quantitative estimate of drug-likeness (QED) is 0.670. The molecule has 1 fully saturated rings. The maximum atomic E-state index is 11.1. The SMILES string of the molecule is CSc1nc(C)cc(N2CCCN(c3ccc(=O)[nH]n3)CC2)n1. The summed E-state index contributed by atoms with van der Waals surface area (Å²) in [6, 6.07) is 5.33. The first kappa shape index (κ1) is 15.8. The van der Waals surface area contributed by atoms with Crippen molar-refractivity contribution >= 4 is 23.4 Å². The summed E-state index contributed by atoms with van der Waals surface area (Å²) in [6.45, 7) is 5.57. The zero-order chi connectivity index (χ0) is 16.2. The summed E-state index contributed by atoms with van der Waals surface area (Å²) in [4.78, 5) is 24.7. The van der Waals surface area contributed by atoms with Crippen LogP contribution < -0.4 is 15.4 Å². The minimum atomic E-state index is -0.175. The fraction of sp³-hybridized carbons (Fsp3) is 0.467. The van der Waals surface area contributed by atoms with Crippen LogP contribution >= 0.6 is 11.8 Å². The van der Waals surface area contributed by atoms with E-state index in [1.165, 1.54) is 6.07 Å². The van der Waals surface area contributed by atoms with Gasteiger partial charge in [0.15, 0.2) is 5.16 Å². The highest BCUT2D eigenvalue weighted by Gasteiger charge is 2.18. The van der Waals surface area contributed by atoms with E-state index < -0.39 is 0 Å². The highest BCUT2D eigenvalue weighted by molar-refractivity contribution is 7.98. The second-order valence-corrected chi connectivity index (χ2v) is 6.23. The van der Waals surface area contributed by atoms with E-state index in [4.69, 9.17) is 0 Å². The molecule has 0 unspecified atom stereocenters. The molecule has 2 aromatic heterocycles. The van der Waals surface area contributed by atoms with E-state index in [-0.39, 0.29) is 5.56 Å². The van der Waals surface area contributed by atoms with Crippen molar-refractivity contribution in [3.8, 4) is 0 Å². The lowest BCUT2D eigenvalue weighted by molar-refractivity contribution is 0.778. The van der Waals surface area contributed by atoms with Crippen LogP contribution in [0.2, 0.25) is 0 Å². The van der Waals surface area contributed by atoms with Crippen LogP contribution in [0.1, 0.15) is 12.1 Å². The fourth-order valence-electron chi connectivity index (χ4n) is 2.67. The molecule has 0 spiro atoms. The van der Waals surface area contributed by atoms with Gasteiger partial charge in [0.2, 0.25) is 0 Å². The van der Waals surface area contributed by atoms with Gasteiger partial charge in [-0.3, -0.25) is 4.79 Å². The maximum absolute atomic E-state index is 11.1. The summed E-state index contributed by atoms with van der Waals surface area (Å²) in [7, 11) is 0. The normalized spacial score (nSPS) is 15.6.